The Bertz CT molecular complexity index is 652. The first kappa shape index (κ1) is 15.7. The molecule has 1 aliphatic rings. The average molecular weight is 312 g/mol. The molecule has 0 amide bonds. The van der Waals surface area contributed by atoms with Gasteiger partial charge in [0.1, 0.15) is 11.6 Å². The van der Waals surface area contributed by atoms with Crippen LogP contribution in [0.4, 0.5) is 4.39 Å². The van der Waals surface area contributed by atoms with E-state index >= 15 is 0 Å². The van der Waals surface area contributed by atoms with Crippen LogP contribution in [-0.2, 0) is 6.54 Å². The molecule has 0 aliphatic heterocycles. The highest BCUT2D eigenvalue weighted by Crippen LogP contribution is 2.24. The van der Waals surface area contributed by atoms with Crippen LogP contribution in [-0.4, -0.2) is 17.3 Å². The van der Waals surface area contributed by atoms with Crippen LogP contribution in [0.25, 0.3) is 0 Å². The third kappa shape index (κ3) is 4.62. The summed E-state index contributed by atoms with van der Waals surface area (Å²) in [7, 11) is 0. The van der Waals surface area contributed by atoms with Crippen molar-refractivity contribution in [2.24, 2.45) is 4.99 Å². The van der Waals surface area contributed by atoms with Crippen LogP contribution in [0.15, 0.2) is 47.6 Å². The van der Waals surface area contributed by atoms with Crippen molar-refractivity contribution in [3.05, 3.63) is 59.7 Å². The Balaban J connectivity index is 1.65. The van der Waals surface area contributed by atoms with Crippen molar-refractivity contribution in [2.45, 2.75) is 44.8 Å². The highest BCUT2D eigenvalue weighted by Gasteiger charge is 2.15. The maximum Gasteiger partial charge on any atom is 0.132 e. The van der Waals surface area contributed by atoms with Crippen LogP contribution in [0.5, 0.6) is 5.75 Å². The van der Waals surface area contributed by atoms with Crippen molar-refractivity contribution >= 4 is 6.21 Å². The van der Waals surface area contributed by atoms with Gasteiger partial charge in [-0.25, -0.2) is 4.39 Å². The third-order valence-electron chi connectivity index (χ3n) is 4.03. The predicted octanol–water partition coefficient (Wildman–Crippen LogP) is 4.55. The number of nitrogens with zero attached hydrogens (tertiary/aromatic N) is 2. The molecule has 4 heteroatoms. The van der Waals surface area contributed by atoms with Crippen LogP contribution < -0.4 is 4.74 Å². The van der Waals surface area contributed by atoms with Crippen molar-refractivity contribution in [1.82, 2.24) is 4.98 Å². The summed E-state index contributed by atoms with van der Waals surface area (Å²) in [6.07, 6.45) is 9.42. The van der Waals surface area contributed by atoms with E-state index in [1.54, 1.807) is 24.5 Å². The van der Waals surface area contributed by atoms with E-state index in [0.29, 0.717) is 12.1 Å². The van der Waals surface area contributed by atoms with E-state index in [1.807, 2.05) is 18.2 Å². The van der Waals surface area contributed by atoms with E-state index in [-0.39, 0.29) is 11.9 Å². The number of rotatable bonds is 5. The lowest BCUT2D eigenvalue weighted by atomic mass is 9.98. The molecule has 0 radical (unpaired) electrons. The predicted molar refractivity (Wildman–Crippen MR) is 89.4 cm³/mol. The molecule has 23 heavy (non-hydrogen) atoms. The second-order valence-electron chi connectivity index (χ2n) is 5.85. The molecule has 1 fully saturated rings. The van der Waals surface area contributed by atoms with Gasteiger partial charge in [0.15, 0.2) is 0 Å². The maximum atomic E-state index is 13.9. The van der Waals surface area contributed by atoms with Gasteiger partial charge in [0.25, 0.3) is 0 Å². The quantitative estimate of drug-likeness (QED) is 0.759. The van der Waals surface area contributed by atoms with Gasteiger partial charge >= 0.3 is 0 Å². The number of halogens is 1. The lowest BCUT2D eigenvalue weighted by molar-refractivity contribution is 0.155. The zero-order valence-corrected chi connectivity index (χ0v) is 13.1. The van der Waals surface area contributed by atoms with E-state index < -0.39 is 0 Å². The summed E-state index contributed by atoms with van der Waals surface area (Å²) in [4.78, 5) is 8.47. The van der Waals surface area contributed by atoms with Crippen molar-refractivity contribution < 1.29 is 9.13 Å². The first-order valence-corrected chi connectivity index (χ1v) is 8.17. The van der Waals surface area contributed by atoms with Gasteiger partial charge in [-0.3, -0.25) is 9.98 Å². The summed E-state index contributed by atoms with van der Waals surface area (Å²) in [5.41, 5.74) is 1.31. The van der Waals surface area contributed by atoms with E-state index in [9.17, 15) is 4.39 Å². The van der Waals surface area contributed by atoms with E-state index in [2.05, 4.69) is 9.98 Å². The summed E-state index contributed by atoms with van der Waals surface area (Å²) in [6, 6.07) is 10.5. The average Bonchev–Trinajstić information content (AvgIpc) is 2.59. The molecular formula is C19H21FN2O. The Kier molecular flexibility index (Phi) is 5.35. The summed E-state index contributed by atoms with van der Waals surface area (Å²) < 4.78 is 19.9. The van der Waals surface area contributed by atoms with Gasteiger partial charge in [-0.15, -0.1) is 0 Å². The largest absolute Gasteiger partial charge is 0.490 e. The molecule has 120 valence electrons. The molecule has 1 aromatic heterocycles. The monoisotopic (exact) mass is 312 g/mol. The first-order valence-electron chi connectivity index (χ1n) is 8.17. The number of ether oxygens (including phenoxy) is 1. The summed E-state index contributed by atoms with van der Waals surface area (Å²) in [5.74, 6) is 0.434. The second kappa shape index (κ2) is 7.86. The number of hydrogen-bond acceptors (Lipinski definition) is 3. The van der Waals surface area contributed by atoms with Gasteiger partial charge in [0, 0.05) is 18.0 Å². The fourth-order valence-electron chi connectivity index (χ4n) is 2.80. The normalized spacial score (nSPS) is 15.9. The van der Waals surface area contributed by atoms with Gasteiger partial charge < -0.3 is 4.74 Å². The van der Waals surface area contributed by atoms with E-state index in [4.69, 9.17) is 4.74 Å². The van der Waals surface area contributed by atoms with Crippen LogP contribution in [0.3, 0.4) is 0 Å². The smallest absolute Gasteiger partial charge is 0.132 e. The number of aromatic nitrogens is 1. The zero-order valence-electron chi connectivity index (χ0n) is 13.1. The van der Waals surface area contributed by atoms with Gasteiger partial charge in [-0.2, -0.15) is 0 Å². The van der Waals surface area contributed by atoms with Gasteiger partial charge in [0.05, 0.1) is 18.3 Å². The first-order chi connectivity index (χ1) is 11.3. The van der Waals surface area contributed by atoms with Crippen molar-refractivity contribution in [3.8, 4) is 5.75 Å². The Labute approximate surface area is 136 Å². The number of aliphatic imine (C=N–C) groups is 1. The minimum absolute atomic E-state index is 0.257. The Morgan fingerprint density at radius 2 is 2.04 bits per heavy atom. The minimum atomic E-state index is -0.286. The molecular weight excluding hydrogens is 291 g/mol. The molecule has 1 aromatic carbocycles. The lowest BCUT2D eigenvalue weighted by Gasteiger charge is -2.23. The van der Waals surface area contributed by atoms with Crippen LogP contribution in [0, 0.1) is 5.82 Å². The van der Waals surface area contributed by atoms with Gasteiger partial charge in [-0.1, -0.05) is 12.5 Å². The van der Waals surface area contributed by atoms with Crippen LogP contribution in [0.2, 0.25) is 0 Å². The number of pyridine rings is 1. The molecule has 1 heterocycles. The fraction of sp³-hybridized carbons (Fsp3) is 0.368. The topological polar surface area (TPSA) is 34.5 Å². The van der Waals surface area contributed by atoms with E-state index in [1.165, 1.54) is 25.3 Å². The highest BCUT2D eigenvalue weighted by atomic mass is 19.1. The molecule has 0 atom stereocenters. The molecule has 2 aromatic rings. The molecule has 0 N–H and O–H groups in total. The van der Waals surface area contributed by atoms with E-state index in [0.717, 1.165) is 24.3 Å². The molecule has 1 aliphatic carbocycles. The van der Waals surface area contributed by atoms with Crippen LogP contribution >= 0.6 is 0 Å². The van der Waals surface area contributed by atoms with Gasteiger partial charge in [0.2, 0.25) is 0 Å². The lowest BCUT2D eigenvalue weighted by Crippen LogP contribution is -2.19. The second-order valence-corrected chi connectivity index (χ2v) is 5.85. The molecule has 0 saturated heterocycles. The SMILES string of the molecule is Fc1ccc(OC2CCCCC2)cc1C=NCc1ccccn1. The molecule has 3 nitrogen and oxygen atoms in total. The minimum Gasteiger partial charge on any atom is -0.490 e. The maximum absolute atomic E-state index is 13.9. The van der Waals surface area contributed by atoms with Gasteiger partial charge in [-0.05, 0) is 56.0 Å². The standard InChI is InChI=1S/C19H21FN2O/c20-19-10-9-18(23-17-7-2-1-3-8-17)12-15(19)13-21-14-16-6-4-5-11-22-16/h4-6,9-13,17H,1-3,7-8,14H2. The Morgan fingerprint density at radius 1 is 1.17 bits per heavy atom. The highest BCUT2D eigenvalue weighted by molar-refractivity contribution is 5.80. The molecule has 0 bridgehead atoms. The zero-order chi connectivity index (χ0) is 15.9. The van der Waals surface area contributed by atoms with Crippen molar-refractivity contribution in [1.29, 1.82) is 0 Å². The summed E-state index contributed by atoms with van der Waals surface area (Å²) in [6.45, 7) is 0.438. The molecule has 3 rings (SSSR count). The van der Waals surface area contributed by atoms with Crippen LogP contribution in [0.1, 0.15) is 43.4 Å². The summed E-state index contributed by atoms with van der Waals surface area (Å²) >= 11 is 0. The number of hydrogen-bond donors (Lipinski definition) is 0. The Morgan fingerprint density at radius 3 is 2.83 bits per heavy atom. The molecule has 0 spiro atoms. The number of benzene rings is 1. The third-order valence-corrected chi connectivity index (χ3v) is 4.03. The van der Waals surface area contributed by atoms with Crippen molar-refractivity contribution in [2.75, 3.05) is 0 Å². The molecule has 1 saturated carbocycles. The molecule has 0 unspecified atom stereocenters. The Hall–Kier alpha value is -2.23. The fourth-order valence-corrected chi connectivity index (χ4v) is 2.80. The summed E-state index contributed by atoms with van der Waals surface area (Å²) in [5, 5.41) is 0. The van der Waals surface area contributed by atoms with Crippen molar-refractivity contribution in [3.63, 3.8) is 0 Å².